The number of aryl methyl sites for hydroxylation is 1. The van der Waals surface area contributed by atoms with Gasteiger partial charge < -0.3 is 4.74 Å². The van der Waals surface area contributed by atoms with Crippen LogP contribution in [0.5, 0.6) is 0 Å². The molecule has 2 aromatic rings. The highest BCUT2D eigenvalue weighted by molar-refractivity contribution is 9.09. The number of benzene rings is 2. The van der Waals surface area contributed by atoms with Crippen molar-refractivity contribution in [1.29, 1.82) is 0 Å². The van der Waals surface area contributed by atoms with E-state index < -0.39 is 15.6 Å². The van der Waals surface area contributed by atoms with Gasteiger partial charge in [0.15, 0.2) is 0 Å². The zero-order chi connectivity index (χ0) is 17.7. The number of rotatable bonds is 3. The third-order valence-corrected chi connectivity index (χ3v) is 8.44. The number of nitrogens with zero attached hydrogens (tertiary/aromatic N) is 1. The van der Waals surface area contributed by atoms with Gasteiger partial charge in [0.2, 0.25) is 10.0 Å². The fraction of sp³-hybridized carbons (Fsp3) is 0.368. The normalized spacial score (nSPS) is 29.7. The smallest absolute Gasteiger partial charge is 0.243 e. The minimum Gasteiger partial charge on any atom is -0.368 e. The van der Waals surface area contributed by atoms with Crippen LogP contribution in [-0.4, -0.2) is 36.7 Å². The van der Waals surface area contributed by atoms with Crippen molar-refractivity contribution in [3.05, 3.63) is 65.7 Å². The number of hydrogen-bond acceptors (Lipinski definition) is 3. The average molecular weight is 422 g/mol. The lowest BCUT2D eigenvalue weighted by Gasteiger charge is -2.37. The fourth-order valence-corrected chi connectivity index (χ4v) is 6.78. The number of fused-ring (bicyclic) bond motifs is 2. The van der Waals surface area contributed by atoms with E-state index in [1.807, 2.05) is 49.4 Å². The lowest BCUT2D eigenvalue weighted by molar-refractivity contribution is -0.0495. The fourth-order valence-electron chi connectivity index (χ4n) is 3.83. The molecule has 0 amide bonds. The second-order valence-electron chi connectivity index (χ2n) is 6.73. The van der Waals surface area contributed by atoms with Crippen LogP contribution in [0.3, 0.4) is 0 Å². The van der Waals surface area contributed by atoms with Crippen molar-refractivity contribution >= 4 is 26.0 Å². The third-order valence-electron chi connectivity index (χ3n) is 5.21. The van der Waals surface area contributed by atoms with Crippen LogP contribution in [0.4, 0.5) is 0 Å². The molecule has 0 aromatic heterocycles. The van der Waals surface area contributed by atoms with E-state index in [0.717, 1.165) is 11.1 Å². The summed E-state index contributed by atoms with van der Waals surface area (Å²) in [6.07, 6.45) is 0.690. The van der Waals surface area contributed by atoms with Gasteiger partial charge in [0.05, 0.1) is 9.72 Å². The van der Waals surface area contributed by atoms with Gasteiger partial charge in [0, 0.05) is 19.2 Å². The predicted octanol–water partition coefficient (Wildman–Crippen LogP) is 3.45. The molecule has 2 unspecified atom stereocenters. The number of hydrogen-bond donors (Lipinski definition) is 0. The number of alkyl halides is 1. The Morgan fingerprint density at radius 1 is 1.12 bits per heavy atom. The Morgan fingerprint density at radius 3 is 2.48 bits per heavy atom. The van der Waals surface area contributed by atoms with Crippen molar-refractivity contribution in [2.24, 2.45) is 0 Å². The minimum absolute atomic E-state index is 0.0728. The largest absolute Gasteiger partial charge is 0.368 e. The SMILES string of the molecule is Cc1ccc(S(=O)(=O)N2CC3(c4ccccc4)OCCC2[C@@H]3Br)cc1. The lowest BCUT2D eigenvalue weighted by Crippen LogP contribution is -2.44. The summed E-state index contributed by atoms with van der Waals surface area (Å²) in [6, 6.07) is 16.9. The monoisotopic (exact) mass is 421 g/mol. The van der Waals surface area contributed by atoms with E-state index >= 15 is 0 Å². The molecule has 2 aliphatic heterocycles. The summed E-state index contributed by atoms with van der Waals surface area (Å²) in [4.78, 5) is 0.268. The predicted molar refractivity (Wildman–Crippen MR) is 100 cm³/mol. The highest BCUT2D eigenvalue weighted by Crippen LogP contribution is 2.49. The van der Waals surface area contributed by atoms with Gasteiger partial charge in [-0.25, -0.2) is 8.42 Å². The van der Waals surface area contributed by atoms with Crippen LogP contribution in [0.1, 0.15) is 17.5 Å². The van der Waals surface area contributed by atoms with Crippen LogP contribution >= 0.6 is 15.9 Å². The molecule has 0 N–H and O–H groups in total. The molecule has 25 heavy (non-hydrogen) atoms. The van der Waals surface area contributed by atoms with Gasteiger partial charge in [-0.3, -0.25) is 0 Å². The first-order chi connectivity index (χ1) is 11.9. The van der Waals surface area contributed by atoms with Gasteiger partial charge in [0.1, 0.15) is 5.60 Å². The van der Waals surface area contributed by atoms with Crippen LogP contribution in [0.25, 0.3) is 0 Å². The Hall–Kier alpha value is -1.21. The molecule has 0 saturated carbocycles. The van der Waals surface area contributed by atoms with Crippen LogP contribution < -0.4 is 0 Å². The average Bonchev–Trinajstić information content (AvgIpc) is 2.79. The van der Waals surface area contributed by atoms with Gasteiger partial charge in [-0.1, -0.05) is 64.0 Å². The molecule has 2 fully saturated rings. The Balaban J connectivity index is 1.76. The molecule has 132 valence electrons. The summed E-state index contributed by atoms with van der Waals surface area (Å²) in [5.41, 5.74) is 1.42. The molecule has 2 bridgehead atoms. The molecule has 0 spiro atoms. The summed E-state index contributed by atoms with van der Waals surface area (Å²) in [5.74, 6) is 0. The first kappa shape index (κ1) is 17.2. The summed E-state index contributed by atoms with van der Waals surface area (Å²) in [6.45, 7) is 2.83. The Kier molecular flexibility index (Phi) is 4.27. The van der Waals surface area contributed by atoms with E-state index in [1.165, 1.54) is 0 Å². The molecule has 0 aliphatic carbocycles. The molecule has 0 radical (unpaired) electrons. The summed E-state index contributed by atoms with van der Waals surface area (Å²) >= 11 is 3.76. The van der Waals surface area contributed by atoms with E-state index in [2.05, 4.69) is 15.9 Å². The molecular formula is C19H20BrNO3S. The lowest BCUT2D eigenvalue weighted by atomic mass is 9.88. The molecule has 2 aromatic carbocycles. The van der Waals surface area contributed by atoms with Crippen LogP contribution in [0.15, 0.2) is 59.5 Å². The quantitative estimate of drug-likeness (QED) is 0.712. The Bertz CT molecular complexity index is 869. The summed E-state index contributed by atoms with van der Waals surface area (Å²) in [7, 11) is -3.57. The van der Waals surface area contributed by atoms with Crippen LogP contribution in [0, 0.1) is 6.92 Å². The van der Waals surface area contributed by atoms with Gasteiger partial charge in [-0.15, -0.1) is 0 Å². The van der Waals surface area contributed by atoms with E-state index in [4.69, 9.17) is 4.74 Å². The maximum Gasteiger partial charge on any atom is 0.243 e. The van der Waals surface area contributed by atoms with Gasteiger partial charge in [0.25, 0.3) is 0 Å². The molecule has 2 heterocycles. The molecular weight excluding hydrogens is 402 g/mol. The van der Waals surface area contributed by atoms with Crippen molar-refractivity contribution in [3.63, 3.8) is 0 Å². The summed E-state index contributed by atoms with van der Waals surface area (Å²) < 4.78 is 34.3. The molecule has 6 heteroatoms. The molecule has 2 saturated heterocycles. The van der Waals surface area contributed by atoms with Gasteiger partial charge >= 0.3 is 0 Å². The van der Waals surface area contributed by atoms with Crippen molar-refractivity contribution in [2.45, 2.75) is 34.7 Å². The minimum atomic E-state index is -3.57. The topological polar surface area (TPSA) is 46.6 Å². The van der Waals surface area contributed by atoms with Crippen molar-refractivity contribution in [1.82, 2.24) is 4.31 Å². The highest BCUT2D eigenvalue weighted by Gasteiger charge is 2.59. The molecule has 2 aliphatic rings. The van der Waals surface area contributed by atoms with E-state index in [-0.39, 0.29) is 10.9 Å². The molecule has 4 nitrogen and oxygen atoms in total. The number of ether oxygens (including phenoxy) is 1. The third kappa shape index (κ3) is 2.67. The van der Waals surface area contributed by atoms with Crippen molar-refractivity contribution in [2.75, 3.05) is 13.2 Å². The Labute approximate surface area is 157 Å². The molecule has 4 rings (SSSR count). The van der Waals surface area contributed by atoms with Crippen molar-refractivity contribution < 1.29 is 13.2 Å². The summed E-state index contributed by atoms with van der Waals surface area (Å²) in [5, 5.41) is 0. The maximum atomic E-state index is 13.3. The first-order valence-corrected chi connectivity index (χ1v) is 10.7. The standard InChI is InChI=1S/C19H20BrNO3S/c1-14-7-9-16(10-8-14)25(22,23)21-13-19(15-5-3-2-4-6-15)18(20)17(21)11-12-24-19/h2-10,17-18H,11-13H2,1H3/t17?,18-,19?/m0/s1. The zero-order valence-electron chi connectivity index (χ0n) is 13.9. The van der Waals surface area contributed by atoms with Crippen molar-refractivity contribution in [3.8, 4) is 0 Å². The maximum absolute atomic E-state index is 13.3. The van der Waals surface area contributed by atoms with E-state index in [9.17, 15) is 8.42 Å². The highest BCUT2D eigenvalue weighted by atomic mass is 79.9. The zero-order valence-corrected chi connectivity index (χ0v) is 16.3. The second-order valence-corrected chi connectivity index (χ2v) is 9.60. The van der Waals surface area contributed by atoms with Gasteiger partial charge in [-0.2, -0.15) is 4.31 Å². The van der Waals surface area contributed by atoms with E-state index in [1.54, 1.807) is 16.4 Å². The van der Waals surface area contributed by atoms with Crippen LogP contribution in [0.2, 0.25) is 0 Å². The Morgan fingerprint density at radius 2 is 1.80 bits per heavy atom. The van der Waals surface area contributed by atoms with Gasteiger partial charge in [-0.05, 0) is 31.0 Å². The molecule has 3 atom stereocenters. The first-order valence-electron chi connectivity index (χ1n) is 8.37. The second kappa shape index (κ2) is 6.20. The van der Waals surface area contributed by atoms with E-state index in [0.29, 0.717) is 24.5 Å². The number of sulfonamides is 1. The number of halogens is 1. The van der Waals surface area contributed by atoms with Crippen LogP contribution in [-0.2, 0) is 20.4 Å².